The molecular formula is C11H10N2O3. The maximum absolute atomic E-state index is 10.6. The molecule has 82 valence electrons. The van der Waals surface area contributed by atoms with Crippen LogP contribution < -0.4 is 10.5 Å². The molecule has 0 saturated heterocycles. The van der Waals surface area contributed by atoms with Crippen molar-refractivity contribution in [2.75, 3.05) is 7.11 Å². The Bertz CT molecular complexity index is 487. The number of aromatic hydroxyl groups is 1. The van der Waals surface area contributed by atoms with Crippen molar-refractivity contribution < 1.29 is 14.6 Å². The van der Waals surface area contributed by atoms with Gasteiger partial charge in [0.1, 0.15) is 0 Å². The molecule has 0 aliphatic rings. The fraction of sp³-hybridized carbons (Fsp3) is 0.0909. The van der Waals surface area contributed by atoms with Crippen molar-refractivity contribution in [3.8, 4) is 17.6 Å². The number of phenolic OH excluding ortho intramolecular Hbond substituents is 1. The lowest BCUT2D eigenvalue weighted by Crippen LogP contribution is -2.05. The molecule has 0 bridgehead atoms. The van der Waals surface area contributed by atoms with Crippen molar-refractivity contribution in [2.45, 2.75) is 0 Å². The molecule has 0 aromatic heterocycles. The normalized spacial score (nSPS) is 10.0. The van der Waals surface area contributed by atoms with Gasteiger partial charge in [-0.05, 0) is 12.1 Å². The van der Waals surface area contributed by atoms with E-state index in [1.165, 1.54) is 25.3 Å². The third-order valence-corrected chi connectivity index (χ3v) is 1.88. The van der Waals surface area contributed by atoms with Crippen LogP contribution in [0.2, 0.25) is 0 Å². The minimum atomic E-state index is -0.638. The Morgan fingerprint density at radius 1 is 1.62 bits per heavy atom. The first-order valence-corrected chi connectivity index (χ1v) is 4.37. The van der Waals surface area contributed by atoms with Crippen LogP contribution in [0.3, 0.4) is 0 Å². The lowest BCUT2D eigenvalue weighted by molar-refractivity contribution is -0.113. The summed E-state index contributed by atoms with van der Waals surface area (Å²) in [5.74, 6) is -0.608. The number of hydrogen-bond acceptors (Lipinski definition) is 4. The molecule has 0 unspecified atom stereocenters. The first-order valence-electron chi connectivity index (χ1n) is 4.37. The smallest absolute Gasteiger partial charge is 0.241 e. The maximum atomic E-state index is 10.6. The Kier molecular flexibility index (Phi) is 3.51. The van der Waals surface area contributed by atoms with E-state index >= 15 is 0 Å². The topological polar surface area (TPSA) is 96.3 Å². The molecule has 5 heteroatoms. The maximum Gasteiger partial charge on any atom is 0.241 e. The SMILES string of the molecule is COc1cc(C#N)cc(C=CC(N)=O)c1O. The Balaban J connectivity index is 3.27. The predicted octanol–water partition coefficient (Wildman–Crippen LogP) is 0.771. The molecule has 0 aliphatic carbocycles. The molecule has 3 N–H and O–H groups in total. The van der Waals surface area contributed by atoms with Gasteiger partial charge in [-0.3, -0.25) is 4.79 Å². The number of amides is 1. The highest BCUT2D eigenvalue weighted by atomic mass is 16.5. The molecule has 0 spiro atoms. The summed E-state index contributed by atoms with van der Waals surface area (Å²) in [4.78, 5) is 10.6. The molecule has 1 aromatic rings. The number of ether oxygens (including phenoxy) is 1. The Labute approximate surface area is 92.4 Å². The van der Waals surface area contributed by atoms with Crippen molar-refractivity contribution in [1.29, 1.82) is 5.26 Å². The molecular weight excluding hydrogens is 208 g/mol. The van der Waals surface area contributed by atoms with Crippen LogP contribution in [-0.4, -0.2) is 18.1 Å². The fourth-order valence-corrected chi connectivity index (χ4v) is 1.15. The van der Waals surface area contributed by atoms with Gasteiger partial charge in [0.05, 0.1) is 18.7 Å². The van der Waals surface area contributed by atoms with E-state index < -0.39 is 5.91 Å². The van der Waals surface area contributed by atoms with E-state index in [0.29, 0.717) is 11.1 Å². The van der Waals surface area contributed by atoms with Crippen LogP contribution in [0.1, 0.15) is 11.1 Å². The fourth-order valence-electron chi connectivity index (χ4n) is 1.15. The highest BCUT2D eigenvalue weighted by Crippen LogP contribution is 2.32. The molecule has 1 amide bonds. The van der Waals surface area contributed by atoms with E-state index in [1.807, 2.05) is 6.07 Å². The summed E-state index contributed by atoms with van der Waals surface area (Å²) >= 11 is 0. The number of primary amides is 1. The third kappa shape index (κ3) is 2.51. The molecule has 0 aliphatic heterocycles. The second kappa shape index (κ2) is 4.84. The Hall–Kier alpha value is -2.48. The number of phenols is 1. The number of hydrogen-bond donors (Lipinski definition) is 2. The van der Waals surface area contributed by atoms with Crippen LogP contribution in [-0.2, 0) is 4.79 Å². The van der Waals surface area contributed by atoms with Crippen molar-refractivity contribution in [1.82, 2.24) is 0 Å². The summed E-state index contributed by atoms with van der Waals surface area (Å²) in [7, 11) is 1.37. The van der Waals surface area contributed by atoms with E-state index in [1.54, 1.807) is 0 Å². The Morgan fingerprint density at radius 3 is 2.81 bits per heavy atom. The average molecular weight is 218 g/mol. The highest BCUT2D eigenvalue weighted by molar-refractivity contribution is 5.91. The van der Waals surface area contributed by atoms with Gasteiger partial charge in [-0.2, -0.15) is 5.26 Å². The van der Waals surface area contributed by atoms with Crippen LogP contribution in [0.4, 0.5) is 0 Å². The number of methoxy groups -OCH3 is 1. The lowest BCUT2D eigenvalue weighted by Gasteiger charge is -2.06. The summed E-state index contributed by atoms with van der Waals surface area (Å²) in [5.41, 5.74) is 5.55. The monoisotopic (exact) mass is 218 g/mol. The van der Waals surface area contributed by atoms with Gasteiger partial charge < -0.3 is 15.6 Å². The van der Waals surface area contributed by atoms with Crippen molar-refractivity contribution in [2.24, 2.45) is 5.73 Å². The molecule has 0 fully saturated rings. The van der Waals surface area contributed by atoms with Crippen molar-refractivity contribution in [3.63, 3.8) is 0 Å². The first kappa shape index (κ1) is 11.6. The van der Waals surface area contributed by atoms with Crippen LogP contribution >= 0.6 is 0 Å². The zero-order chi connectivity index (χ0) is 12.1. The molecule has 16 heavy (non-hydrogen) atoms. The summed E-state index contributed by atoms with van der Waals surface area (Å²) in [6.45, 7) is 0. The van der Waals surface area contributed by atoms with Crippen LogP contribution in [0.5, 0.6) is 11.5 Å². The molecule has 1 aromatic carbocycles. The Morgan fingerprint density at radius 2 is 2.31 bits per heavy atom. The van der Waals surface area contributed by atoms with Crippen LogP contribution in [0.25, 0.3) is 6.08 Å². The second-order valence-corrected chi connectivity index (χ2v) is 2.96. The number of carbonyl (C=O) groups is 1. The van der Waals surface area contributed by atoms with E-state index in [2.05, 4.69) is 0 Å². The van der Waals surface area contributed by atoms with Gasteiger partial charge in [-0.15, -0.1) is 0 Å². The quantitative estimate of drug-likeness (QED) is 0.732. The summed E-state index contributed by atoms with van der Waals surface area (Å²) in [6, 6.07) is 4.74. The molecule has 0 radical (unpaired) electrons. The standard InChI is InChI=1S/C11H10N2O3/c1-16-9-5-7(6-12)4-8(11(9)15)2-3-10(13)14/h2-5,15H,1H3,(H2,13,14). The van der Waals surface area contributed by atoms with Gasteiger partial charge in [-0.25, -0.2) is 0 Å². The molecule has 0 atom stereocenters. The van der Waals surface area contributed by atoms with Gasteiger partial charge >= 0.3 is 0 Å². The highest BCUT2D eigenvalue weighted by Gasteiger charge is 2.08. The number of carbonyl (C=O) groups excluding carboxylic acids is 1. The molecule has 5 nitrogen and oxygen atoms in total. The zero-order valence-corrected chi connectivity index (χ0v) is 8.60. The second-order valence-electron chi connectivity index (χ2n) is 2.96. The summed E-state index contributed by atoms with van der Waals surface area (Å²) in [5, 5.41) is 18.4. The van der Waals surface area contributed by atoms with Crippen molar-refractivity contribution in [3.05, 3.63) is 29.3 Å². The van der Waals surface area contributed by atoms with E-state index in [9.17, 15) is 9.90 Å². The number of rotatable bonds is 3. The van der Waals surface area contributed by atoms with Crippen LogP contribution in [0.15, 0.2) is 18.2 Å². The number of nitriles is 1. The zero-order valence-electron chi connectivity index (χ0n) is 8.60. The molecule has 0 saturated carbocycles. The summed E-state index contributed by atoms with van der Waals surface area (Å²) in [6.07, 6.45) is 2.41. The van der Waals surface area contributed by atoms with E-state index in [0.717, 1.165) is 6.08 Å². The number of benzene rings is 1. The third-order valence-electron chi connectivity index (χ3n) is 1.88. The minimum Gasteiger partial charge on any atom is -0.504 e. The minimum absolute atomic E-state index is 0.140. The van der Waals surface area contributed by atoms with E-state index in [-0.39, 0.29) is 11.5 Å². The van der Waals surface area contributed by atoms with Gasteiger partial charge in [0.15, 0.2) is 11.5 Å². The molecule has 1 rings (SSSR count). The molecule has 0 heterocycles. The van der Waals surface area contributed by atoms with Gasteiger partial charge in [-0.1, -0.05) is 0 Å². The van der Waals surface area contributed by atoms with Gasteiger partial charge in [0, 0.05) is 17.7 Å². The van der Waals surface area contributed by atoms with E-state index in [4.69, 9.17) is 15.7 Å². The summed E-state index contributed by atoms with van der Waals surface area (Å²) < 4.78 is 4.88. The van der Waals surface area contributed by atoms with Gasteiger partial charge in [0.2, 0.25) is 5.91 Å². The number of nitrogens with zero attached hydrogens (tertiary/aromatic N) is 1. The van der Waals surface area contributed by atoms with Gasteiger partial charge in [0.25, 0.3) is 0 Å². The van der Waals surface area contributed by atoms with Crippen molar-refractivity contribution >= 4 is 12.0 Å². The predicted molar refractivity (Wildman–Crippen MR) is 57.6 cm³/mol. The average Bonchev–Trinajstić information content (AvgIpc) is 2.27. The largest absolute Gasteiger partial charge is 0.504 e. The first-order chi connectivity index (χ1) is 7.58. The lowest BCUT2D eigenvalue weighted by atomic mass is 10.1. The van der Waals surface area contributed by atoms with Crippen LogP contribution in [0, 0.1) is 11.3 Å². The number of nitrogens with two attached hydrogens (primary N) is 1.